The van der Waals surface area contributed by atoms with Crippen molar-refractivity contribution in [3.05, 3.63) is 35.4 Å². The van der Waals surface area contributed by atoms with Gasteiger partial charge in [-0.3, -0.25) is 9.59 Å². The van der Waals surface area contributed by atoms with E-state index in [1.54, 1.807) is 6.07 Å². The second kappa shape index (κ2) is 7.14. The van der Waals surface area contributed by atoms with Gasteiger partial charge in [-0.2, -0.15) is 0 Å². The van der Waals surface area contributed by atoms with Crippen LogP contribution in [0.1, 0.15) is 28.8 Å². The fraction of sp³-hybridized carbons (Fsp3) is 0.438. The van der Waals surface area contributed by atoms with Crippen molar-refractivity contribution in [1.29, 1.82) is 0 Å². The minimum atomic E-state index is -0.271. The summed E-state index contributed by atoms with van der Waals surface area (Å²) in [6, 6.07) is 7.32. The first-order chi connectivity index (χ1) is 11.1. The van der Waals surface area contributed by atoms with Crippen LogP contribution in [0.4, 0.5) is 0 Å². The number of rotatable bonds is 4. The highest BCUT2D eigenvalue weighted by molar-refractivity contribution is 8.26. The number of thioether (sulfide) groups is 1. The molecular formula is C16H19N3O3S. The van der Waals surface area contributed by atoms with E-state index in [4.69, 9.17) is 4.74 Å². The van der Waals surface area contributed by atoms with Crippen molar-refractivity contribution >= 4 is 28.0 Å². The Morgan fingerprint density at radius 3 is 3.04 bits per heavy atom. The summed E-state index contributed by atoms with van der Waals surface area (Å²) in [6.07, 6.45) is 2.19. The SMILES string of the molecule is Cc1ccccc1C(=O)NN=C1SC(=O)CN1CC1CCCO1. The number of nitrogens with one attached hydrogen (secondary N) is 1. The van der Waals surface area contributed by atoms with Gasteiger partial charge in [0.1, 0.15) is 0 Å². The zero-order valence-corrected chi connectivity index (χ0v) is 13.8. The number of hydrogen-bond acceptors (Lipinski definition) is 5. The minimum absolute atomic E-state index is 0.0342. The van der Waals surface area contributed by atoms with Crippen LogP contribution in [0.2, 0.25) is 0 Å². The van der Waals surface area contributed by atoms with Crippen LogP contribution in [-0.4, -0.2) is 46.9 Å². The summed E-state index contributed by atoms with van der Waals surface area (Å²) in [7, 11) is 0. The number of benzene rings is 1. The molecule has 1 aromatic rings. The molecule has 1 unspecified atom stereocenters. The van der Waals surface area contributed by atoms with Gasteiger partial charge in [0.15, 0.2) is 5.17 Å². The van der Waals surface area contributed by atoms with E-state index < -0.39 is 0 Å². The predicted octanol–water partition coefficient (Wildman–Crippen LogP) is 1.75. The van der Waals surface area contributed by atoms with E-state index in [1.165, 1.54) is 0 Å². The van der Waals surface area contributed by atoms with Crippen LogP contribution in [0.25, 0.3) is 0 Å². The molecule has 1 N–H and O–H groups in total. The van der Waals surface area contributed by atoms with E-state index in [9.17, 15) is 9.59 Å². The highest BCUT2D eigenvalue weighted by Gasteiger charge is 2.30. The summed E-state index contributed by atoms with van der Waals surface area (Å²) in [5.74, 6) is -0.271. The van der Waals surface area contributed by atoms with Crippen molar-refractivity contribution in [2.75, 3.05) is 19.7 Å². The predicted molar refractivity (Wildman–Crippen MR) is 89.2 cm³/mol. The molecule has 0 radical (unpaired) electrons. The van der Waals surface area contributed by atoms with Crippen molar-refractivity contribution in [1.82, 2.24) is 10.3 Å². The minimum Gasteiger partial charge on any atom is -0.376 e. The van der Waals surface area contributed by atoms with Crippen LogP contribution >= 0.6 is 11.8 Å². The number of nitrogens with zero attached hydrogens (tertiary/aromatic N) is 2. The maximum Gasteiger partial charge on any atom is 0.271 e. The monoisotopic (exact) mass is 333 g/mol. The molecule has 0 aromatic heterocycles. The van der Waals surface area contributed by atoms with Crippen LogP contribution in [0.15, 0.2) is 29.4 Å². The maximum atomic E-state index is 12.2. The Morgan fingerprint density at radius 2 is 2.30 bits per heavy atom. The molecule has 23 heavy (non-hydrogen) atoms. The van der Waals surface area contributed by atoms with Gasteiger partial charge >= 0.3 is 0 Å². The average molecular weight is 333 g/mol. The Kier molecular flexibility index (Phi) is 4.97. The van der Waals surface area contributed by atoms with Gasteiger partial charge in [0.2, 0.25) is 5.12 Å². The molecule has 6 nitrogen and oxygen atoms in total. The molecule has 1 aromatic carbocycles. The highest BCUT2D eigenvalue weighted by atomic mass is 32.2. The summed E-state index contributed by atoms with van der Waals surface area (Å²) in [6.45, 7) is 3.59. The number of ether oxygens (including phenoxy) is 1. The highest BCUT2D eigenvalue weighted by Crippen LogP contribution is 2.22. The number of hydrazone groups is 1. The molecule has 2 fully saturated rings. The first kappa shape index (κ1) is 16.0. The number of aryl methyl sites for hydroxylation is 1. The normalized spacial score (nSPS) is 22.8. The van der Waals surface area contributed by atoms with E-state index in [1.807, 2.05) is 30.0 Å². The molecule has 2 saturated heterocycles. The van der Waals surface area contributed by atoms with Gasteiger partial charge in [-0.15, -0.1) is 5.10 Å². The van der Waals surface area contributed by atoms with E-state index in [2.05, 4.69) is 10.5 Å². The Labute approximate surface area is 139 Å². The van der Waals surface area contributed by atoms with E-state index in [0.29, 0.717) is 23.8 Å². The topological polar surface area (TPSA) is 71.0 Å². The zero-order valence-electron chi connectivity index (χ0n) is 12.9. The fourth-order valence-electron chi connectivity index (χ4n) is 2.68. The standard InChI is InChI=1S/C16H19N3O3S/c1-11-5-2-3-7-13(11)15(21)17-18-16-19(10-14(20)23-16)9-12-6-4-8-22-12/h2-3,5,7,12H,4,6,8-10H2,1H3,(H,17,21). The first-order valence-corrected chi connectivity index (χ1v) is 8.46. The first-order valence-electron chi connectivity index (χ1n) is 7.64. The third kappa shape index (κ3) is 3.92. The van der Waals surface area contributed by atoms with Crippen molar-refractivity contribution < 1.29 is 14.3 Å². The lowest BCUT2D eigenvalue weighted by atomic mass is 10.1. The zero-order chi connectivity index (χ0) is 16.2. The number of carbonyl (C=O) groups excluding carboxylic acids is 2. The second-order valence-electron chi connectivity index (χ2n) is 5.64. The Balaban J connectivity index is 1.66. The van der Waals surface area contributed by atoms with E-state index in [0.717, 1.165) is 36.8 Å². The Bertz CT molecular complexity index is 641. The summed E-state index contributed by atoms with van der Waals surface area (Å²) in [5, 5.41) is 4.71. The molecular weight excluding hydrogens is 314 g/mol. The summed E-state index contributed by atoms with van der Waals surface area (Å²) in [4.78, 5) is 25.8. The Hall–Kier alpha value is -1.86. The third-order valence-electron chi connectivity index (χ3n) is 3.89. The molecule has 3 rings (SSSR count). The van der Waals surface area contributed by atoms with E-state index >= 15 is 0 Å². The Morgan fingerprint density at radius 1 is 1.48 bits per heavy atom. The smallest absolute Gasteiger partial charge is 0.271 e. The molecule has 0 bridgehead atoms. The van der Waals surface area contributed by atoms with Gasteiger partial charge in [0, 0.05) is 18.7 Å². The quantitative estimate of drug-likeness (QED) is 0.850. The fourth-order valence-corrected chi connectivity index (χ4v) is 3.46. The van der Waals surface area contributed by atoms with Gasteiger partial charge in [-0.05, 0) is 43.2 Å². The van der Waals surface area contributed by atoms with Crippen molar-refractivity contribution in [3.8, 4) is 0 Å². The molecule has 1 atom stereocenters. The third-order valence-corrected chi connectivity index (χ3v) is 4.78. The van der Waals surface area contributed by atoms with Crippen molar-refractivity contribution in [2.45, 2.75) is 25.9 Å². The van der Waals surface area contributed by atoms with Crippen molar-refractivity contribution in [3.63, 3.8) is 0 Å². The number of carbonyl (C=O) groups is 2. The van der Waals surface area contributed by atoms with Crippen LogP contribution in [0.5, 0.6) is 0 Å². The van der Waals surface area contributed by atoms with Gasteiger partial charge in [0.25, 0.3) is 5.91 Å². The van der Waals surface area contributed by atoms with Gasteiger partial charge in [-0.25, -0.2) is 5.43 Å². The van der Waals surface area contributed by atoms with Crippen LogP contribution in [0, 0.1) is 6.92 Å². The van der Waals surface area contributed by atoms with Crippen LogP contribution < -0.4 is 5.43 Å². The average Bonchev–Trinajstić information content (AvgIpc) is 3.15. The van der Waals surface area contributed by atoms with Crippen molar-refractivity contribution in [2.24, 2.45) is 5.10 Å². The van der Waals surface area contributed by atoms with Gasteiger partial charge in [-0.1, -0.05) is 18.2 Å². The summed E-state index contributed by atoms with van der Waals surface area (Å²) < 4.78 is 5.60. The van der Waals surface area contributed by atoms with E-state index in [-0.39, 0.29) is 17.1 Å². The summed E-state index contributed by atoms with van der Waals surface area (Å²) >= 11 is 1.07. The lowest BCUT2D eigenvalue weighted by molar-refractivity contribution is -0.110. The van der Waals surface area contributed by atoms with Gasteiger partial charge < -0.3 is 9.64 Å². The molecule has 7 heteroatoms. The maximum absolute atomic E-state index is 12.2. The largest absolute Gasteiger partial charge is 0.376 e. The molecule has 0 saturated carbocycles. The molecule has 122 valence electrons. The van der Waals surface area contributed by atoms with Gasteiger partial charge in [0.05, 0.1) is 12.6 Å². The summed E-state index contributed by atoms with van der Waals surface area (Å²) in [5.41, 5.74) is 4.02. The van der Waals surface area contributed by atoms with Crippen LogP contribution in [0.3, 0.4) is 0 Å². The van der Waals surface area contributed by atoms with Crippen LogP contribution in [-0.2, 0) is 9.53 Å². The lowest BCUT2D eigenvalue weighted by Gasteiger charge is -2.20. The second-order valence-corrected chi connectivity index (χ2v) is 6.66. The molecule has 1 amide bonds. The molecule has 2 aliphatic rings. The number of hydrogen-bond donors (Lipinski definition) is 1. The molecule has 2 aliphatic heterocycles. The molecule has 2 heterocycles. The number of amidine groups is 1. The molecule has 0 spiro atoms. The lowest BCUT2D eigenvalue weighted by Crippen LogP contribution is -2.34. The number of amides is 1. The molecule has 0 aliphatic carbocycles.